The standard InChI is InChI=1S/C22H22N6O3/c1-26-13-24-21(25-26)22(29)27-9-10-31-19(12-27)20-18-8-5-16(11-28(18)14-23-20)15-3-6-17(30-2)7-4-15/h3-8,11,13-14,19H,9-10,12H2,1-2H3/t19-/m1/s1. The number of fused-ring (bicyclic) bond motifs is 1. The van der Waals surface area contributed by atoms with Gasteiger partial charge in [-0.1, -0.05) is 18.2 Å². The molecule has 1 aromatic carbocycles. The maximum Gasteiger partial charge on any atom is 0.293 e. The summed E-state index contributed by atoms with van der Waals surface area (Å²) in [6.07, 6.45) is 5.03. The lowest BCUT2D eigenvalue weighted by Crippen LogP contribution is -2.42. The van der Waals surface area contributed by atoms with Crippen LogP contribution in [0.5, 0.6) is 5.75 Å². The second kappa shape index (κ2) is 7.84. The van der Waals surface area contributed by atoms with Gasteiger partial charge in [-0.3, -0.25) is 9.48 Å². The first-order valence-corrected chi connectivity index (χ1v) is 10.00. The highest BCUT2D eigenvalue weighted by Crippen LogP contribution is 2.28. The van der Waals surface area contributed by atoms with Crippen molar-refractivity contribution in [3.05, 3.63) is 66.8 Å². The molecule has 4 aromatic rings. The van der Waals surface area contributed by atoms with E-state index in [0.29, 0.717) is 19.7 Å². The minimum atomic E-state index is -0.307. The van der Waals surface area contributed by atoms with Crippen LogP contribution in [-0.2, 0) is 11.8 Å². The zero-order valence-corrected chi connectivity index (χ0v) is 17.3. The van der Waals surface area contributed by atoms with Gasteiger partial charge in [0.25, 0.3) is 5.91 Å². The molecule has 0 unspecified atom stereocenters. The van der Waals surface area contributed by atoms with Crippen molar-refractivity contribution in [1.29, 1.82) is 0 Å². The number of carbonyl (C=O) groups excluding carboxylic acids is 1. The summed E-state index contributed by atoms with van der Waals surface area (Å²) in [6.45, 7) is 1.34. The predicted octanol–water partition coefficient (Wildman–Crippen LogP) is 2.35. The molecule has 4 heterocycles. The zero-order valence-electron chi connectivity index (χ0n) is 17.3. The quantitative estimate of drug-likeness (QED) is 0.506. The topological polar surface area (TPSA) is 86.8 Å². The number of nitrogens with zero attached hydrogens (tertiary/aromatic N) is 6. The van der Waals surface area contributed by atoms with Gasteiger partial charge in [0, 0.05) is 19.8 Å². The minimum Gasteiger partial charge on any atom is -0.497 e. The van der Waals surface area contributed by atoms with Crippen molar-refractivity contribution in [3.63, 3.8) is 0 Å². The summed E-state index contributed by atoms with van der Waals surface area (Å²) in [5, 5.41) is 4.12. The van der Waals surface area contributed by atoms with Crippen molar-refractivity contribution in [2.24, 2.45) is 7.05 Å². The minimum absolute atomic E-state index is 0.195. The van der Waals surface area contributed by atoms with E-state index in [1.807, 2.05) is 40.9 Å². The Labute approximate surface area is 178 Å². The zero-order chi connectivity index (χ0) is 21.4. The largest absolute Gasteiger partial charge is 0.497 e. The molecule has 1 aliphatic rings. The van der Waals surface area contributed by atoms with Crippen LogP contribution in [0.15, 0.2) is 55.2 Å². The summed E-state index contributed by atoms with van der Waals surface area (Å²) in [6, 6.07) is 12.0. The SMILES string of the molecule is COc1ccc(-c2ccc3c([C@H]4CN(C(=O)c5ncn(C)n5)CCO4)ncn3c2)cc1. The number of amides is 1. The number of imidazole rings is 1. The number of rotatable bonds is 4. The Morgan fingerprint density at radius 2 is 1.90 bits per heavy atom. The number of benzene rings is 1. The smallest absolute Gasteiger partial charge is 0.293 e. The van der Waals surface area contributed by atoms with Gasteiger partial charge in [-0.05, 0) is 29.3 Å². The van der Waals surface area contributed by atoms with Gasteiger partial charge in [-0.2, -0.15) is 0 Å². The van der Waals surface area contributed by atoms with Gasteiger partial charge in [0.1, 0.15) is 18.2 Å². The van der Waals surface area contributed by atoms with E-state index in [1.54, 1.807) is 25.4 Å². The van der Waals surface area contributed by atoms with Gasteiger partial charge >= 0.3 is 0 Å². The summed E-state index contributed by atoms with van der Waals surface area (Å²) in [5.74, 6) is 0.824. The summed E-state index contributed by atoms with van der Waals surface area (Å²) in [7, 11) is 3.40. The van der Waals surface area contributed by atoms with Crippen molar-refractivity contribution < 1.29 is 14.3 Å². The van der Waals surface area contributed by atoms with Crippen molar-refractivity contribution in [2.45, 2.75) is 6.10 Å². The van der Waals surface area contributed by atoms with E-state index < -0.39 is 0 Å². The monoisotopic (exact) mass is 418 g/mol. The third-order valence-electron chi connectivity index (χ3n) is 5.43. The third-order valence-corrected chi connectivity index (χ3v) is 5.43. The molecular weight excluding hydrogens is 396 g/mol. The van der Waals surface area contributed by atoms with Crippen LogP contribution in [0.1, 0.15) is 22.4 Å². The molecule has 0 bridgehead atoms. The van der Waals surface area contributed by atoms with Crippen LogP contribution in [0, 0.1) is 0 Å². The highest BCUT2D eigenvalue weighted by atomic mass is 16.5. The Morgan fingerprint density at radius 3 is 2.65 bits per heavy atom. The van der Waals surface area contributed by atoms with Gasteiger partial charge in [0.05, 0.1) is 37.8 Å². The molecule has 31 heavy (non-hydrogen) atoms. The third kappa shape index (κ3) is 3.64. The average molecular weight is 418 g/mol. The van der Waals surface area contributed by atoms with E-state index in [0.717, 1.165) is 28.1 Å². The lowest BCUT2D eigenvalue weighted by Gasteiger charge is -2.31. The number of carbonyl (C=O) groups is 1. The lowest BCUT2D eigenvalue weighted by atomic mass is 10.1. The van der Waals surface area contributed by atoms with Crippen LogP contribution in [0.25, 0.3) is 16.6 Å². The summed E-state index contributed by atoms with van der Waals surface area (Å²) in [4.78, 5) is 23.1. The molecular formula is C22H22N6O3. The van der Waals surface area contributed by atoms with Gasteiger partial charge in [-0.25, -0.2) is 9.97 Å². The molecule has 1 aliphatic heterocycles. The van der Waals surface area contributed by atoms with E-state index in [-0.39, 0.29) is 17.8 Å². The number of methoxy groups -OCH3 is 1. The fourth-order valence-corrected chi connectivity index (χ4v) is 3.80. The molecule has 0 saturated carbocycles. The Kier molecular flexibility index (Phi) is 4.87. The molecule has 0 spiro atoms. The van der Waals surface area contributed by atoms with E-state index in [2.05, 4.69) is 21.1 Å². The first-order chi connectivity index (χ1) is 15.1. The van der Waals surface area contributed by atoms with E-state index in [4.69, 9.17) is 9.47 Å². The van der Waals surface area contributed by atoms with Crippen molar-refractivity contribution in [2.75, 3.05) is 26.8 Å². The van der Waals surface area contributed by atoms with Crippen molar-refractivity contribution >= 4 is 11.4 Å². The Bertz CT molecular complexity index is 1230. The van der Waals surface area contributed by atoms with E-state index in [9.17, 15) is 4.79 Å². The van der Waals surface area contributed by atoms with E-state index >= 15 is 0 Å². The molecule has 1 amide bonds. The summed E-state index contributed by atoms with van der Waals surface area (Å²) >= 11 is 0. The van der Waals surface area contributed by atoms with Crippen LogP contribution < -0.4 is 4.74 Å². The molecule has 5 rings (SSSR count). The molecule has 0 N–H and O–H groups in total. The molecule has 158 valence electrons. The Morgan fingerprint density at radius 1 is 1.10 bits per heavy atom. The normalized spacial score (nSPS) is 16.6. The van der Waals surface area contributed by atoms with Crippen LogP contribution in [0.2, 0.25) is 0 Å². The van der Waals surface area contributed by atoms with Crippen LogP contribution in [-0.4, -0.2) is 61.8 Å². The first-order valence-electron chi connectivity index (χ1n) is 10.00. The number of aromatic nitrogens is 5. The van der Waals surface area contributed by atoms with Crippen molar-refractivity contribution in [3.8, 4) is 16.9 Å². The number of ether oxygens (including phenoxy) is 2. The molecule has 1 saturated heterocycles. The van der Waals surface area contributed by atoms with Crippen LogP contribution >= 0.6 is 0 Å². The summed E-state index contributed by atoms with van der Waals surface area (Å²) < 4.78 is 14.7. The molecule has 0 radical (unpaired) electrons. The van der Waals surface area contributed by atoms with Gasteiger partial charge in [0.2, 0.25) is 5.82 Å². The van der Waals surface area contributed by atoms with E-state index in [1.165, 1.54) is 11.0 Å². The highest BCUT2D eigenvalue weighted by molar-refractivity contribution is 5.90. The summed E-state index contributed by atoms with van der Waals surface area (Å²) in [5.41, 5.74) is 3.92. The average Bonchev–Trinajstić information content (AvgIpc) is 3.44. The molecule has 0 aliphatic carbocycles. The number of hydrogen-bond donors (Lipinski definition) is 0. The van der Waals surface area contributed by atoms with Crippen LogP contribution in [0.3, 0.4) is 0 Å². The highest BCUT2D eigenvalue weighted by Gasteiger charge is 2.30. The van der Waals surface area contributed by atoms with Gasteiger partial charge in [-0.15, -0.1) is 5.10 Å². The number of pyridine rings is 1. The van der Waals surface area contributed by atoms with Crippen LogP contribution in [0.4, 0.5) is 0 Å². The van der Waals surface area contributed by atoms with Gasteiger partial charge in [0.15, 0.2) is 0 Å². The maximum absolute atomic E-state index is 12.7. The number of hydrogen-bond acceptors (Lipinski definition) is 6. The fourth-order valence-electron chi connectivity index (χ4n) is 3.80. The molecule has 9 heteroatoms. The molecule has 1 atom stereocenters. The Balaban J connectivity index is 1.39. The second-order valence-corrected chi connectivity index (χ2v) is 7.42. The van der Waals surface area contributed by atoms with Gasteiger partial charge < -0.3 is 18.8 Å². The second-order valence-electron chi connectivity index (χ2n) is 7.42. The Hall–Kier alpha value is -3.72. The maximum atomic E-state index is 12.7. The number of morpholine rings is 1. The first kappa shape index (κ1) is 19.3. The lowest BCUT2D eigenvalue weighted by molar-refractivity contribution is -0.0243. The number of aryl methyl sites for hydroxylation is 1. The molecule has 3 aromatic heterocycles. The van der Waals surface area contributed by atoms with Crippen molar-refractivity contribution in [1.82, 2.24) is 29.0 Å². The molecule has 9 nitrogen and oxygen atoms in total. The predicted molar refractivity (Wildman–Crippen MR) is 113 cm³/mol. The fraction of sp³-hybridized carbons (Fsp3) is 0.273. The molecule has 1 fully saturated rings.